The highest BCUT2D eigenvalue weighted by Crippen LogP contribution is 2.39. The summed E-state index contributed by atoms with van der Waals surface area (Å²) in [5, 5.41) is 6.58. The highest BCUT2D eigenvalue weighted by Gasteiger charge is 2.28. The molecule has 5 heteroatoms. The minimum Gasteiger partial charge on any atom is -0.374 e. The predicted molar refractivity (Wildman–Crippen MR) is 82.5 cm³/mol. The van der Waals surface area contributed by atoms with Crippen LogP contribution < -0.4 is 10.6 Å². The number of nitrogens with one attached hydrogen (secondary N) is 2. The standard InChI is InChI=1S/C15H26N4O/c1-6-20-15(3,4)9-17-13-10(2)12(16-5)18-14(19-13)11-7-8-11/h11H,6-9H2,1-5H3,(H2,16,17,18,19). The number of aromatic nitrogens is 2. The molecule has 2 rings (SSSR count). The second kappa shape index (κ2) is 5.95. The van der Waals surface area contributed by atoms with E-state index in [0.29, 0.717) is 12.5 Å². The van der Waals surface area contributed by atoms with Gasteiger partial charge in [0.2, 0.25) is 0 Å². The van der Waals surface area contributed by atoms with Crippen molar-refractivity contribution in [2.45, 2.75) is 52.1 Å². The number of rotatable bonds is 7. The largest absolute Gasteiger partial charge is 0.374 e. The fourth-order valence-electron chi connectivity index (χ4n) is 2.21. The Kier molecular flexibility index (Phi) is 4.48. The van der Waals surface area contributed by atoms with Gasteiger partial charge in [-0.05, 0) is 40.5 Å². The van der Waals surface area contributed by atoms with Crippen LogP contribution >= 0.6 is 0 Å². The predicted octanol–water partition coefficient (Wildman–Crippen LogP) is 2.93. The molecule has 1 aromatic heterocycles. The lowest BCUT2D eigenvalue weighted by Crippen LogP contribution is -2.34. The number of hydrogen-bond donors (Lipinski definition) is 2. The van der Waals surface area contributed by atoms with Gasteiger partial charge in [-0.3, -0.25) is 0 Å². The maximum Gasteiger partial charge on any atom is 0.136 e. The maximum absolute atomic E-state index is 5.72. The second-order valence-corrected chi connectivity index (χ2v) is 5.97. The van der Waals surface area contributed by atoms with Crippen LogP contribution in [0.4, 0.5) is 11.6 Å². The van der Waals surface area contributed by atoms with Gasteiger partial charge in [0.05, 0.1) is 5.60 Å². The fraction of sp³-hybridized carbons (Fsp3) is 0.733. The molecular formula is C15H26N4O. The molecule has 0 radical (unpaired) electrons. The maximum atomic E-state index is 5.72. The lowest BCUT2D eigenvalue weighted by molar-refractivity contribution is 0.000632. The molecule has 20 heavy (non-hydrogen) atoms. The molecule has 1 aliphatic rings. The van der Waals surface area contributed by atoms with Crippen LogP contribution in [0.2, 0.25) is 0 Å². The van der Waals surface area contributed by atoms with E-state index in [2.05, 4.69) is 34.4 Å². The first-order chi connectivity index (χ1) is 9.46. The fourth-order valence-corrected chi connectivity index (χ4v) is 2.21. The lowest BCUT2D eigenvalue weighted by atomic mass is 10.1. The molecule has 0 bridgehead atoms. The molecule has 0 saturated heterocycles. The van der Waals surface area contributed by atoms with Crippen molar-refractivity contribution in [1.29, 1.82) is 0 Å². The quantitative estimate of drug-likeness (QED) is 0.803. The first kappa shape index (κ1) is 15.0. The van der Waals surface area contributed by atoms with Crippen LogP contribution in [0.3, 0.4) is 0 Å². The molecule has 0 aromatic carbocycles. The van der Waals surface area contributed by atoms with Crippen molar-refractivity contribution in [3.05, 3.63) is 11.4 Å². The number of anilines is 2. The Hall–Kier alpha value is -1.36. The van der Waals surface area contributed by atoms with E-state index in [1.807, 2.05) is 20.9 Å². The van der Waals surface area contributed by atoms with Crippen LogP contribution in [-0.4, -0.2) is 35.8 Å². The minimum absolute atomic E-state index is 0.203. The van der Waals surface area contributed by atoms with Crippen LogP contribution in [0, 0.1) is 6.92 Å². The molecule has 0 unspecified atom stereocenters. The summed E-state index contributed by atoms with van der Waals surface area (Å²) in [6.45, 7) is 9.67. The van der Waals surface area contributed by atoms with Gasteiger partial charge < -0.3 is 15.4 Å². The van der Waals surface area contributed by atoms with Crippen molar-refractivity contribution in [3.8, 4) is 0 Å². The Morgan fingerprint density at radius 1 is 1.25 bits per heavy atom. The molecule has 1 aromatic rings. The third-order valence-corrected chi connectivity index (χ3v) is 3.56. The number of nitrogens with zero attached hydrogens (tertiary/aromatic N) is 2. The Morgan fingerprint density at radius 2 is 1.90 bits per heavy atom. The van der Waals surface area contributed by atoms with Crippen LogP contribution in [0.15, 0.2) is 0 Å². The first-order valence-corrected chi connectivity index (χ1v) is 7.41. The van der Waals surface area contributed by atoms with Crippen LogP contribution in [-0.2, 0) is 4.74 Å². The molecule has 1 heterocycles. The third kappa shape index (κ3) is 3.60. The van der Waals surface area contributed by atoms with E-state index in [9.17, 15) is 0 Å². The van der Waals surface area contributed by atoms with Crippen molar-refractivity contribution in [1.82, 2.24) is 9.97 Å². The summed E-state index contributed by atoms with van der Waals surface area (Å²) in [5.74, 6) is 3.33. The lowest BCUT2D eigenvalue weighted by Gasteiger charge is -2.26. The molecular weight excluding hydrogens is 252 g/mol. The SMILES string of the molecule is CCOC(C)(C)CNc1nc(C2CC2)nc(NC)c1C. The van der Waals surface area contributed by atoms with E-state index < -0.39 is 0 Å². The van der Waals surface area contributed by atoms with Gasteiger partial charge >= 0.3 is 0 Å². The highest BCUT2D eigenvalue weighted by molar-refractivity contribution is 5.57. The zero-order valence-electron chi connectivity index (χ0n) is 13.2. The zero-order valence-corrected chi connectivity index (χ0v) is 13.2. The molecule has 5 nitrogen and oxygen atoms in total. The third-order valence-electron chi connectivity index (χ3n) is 3.56. The smallest absolute Gasteiger partial charge is 0.136 e. The molecule has 0 amide bonds. The van der Waals surface area contributed by atoms with Gasteiger partial charge in [0, 0.05) is 31.7 Å². The summed E-state index contributed by atoms with van der Waals surface area (Å²) in [6, 6.07) is 0. The molecule has 0 atom stereocenters. The van der Waals surface area contributed by atoms with E-state index in [4.69, 9.17) is 4.74 Å². The van der Waals surface area contributed by atoms with Gasteiger partial charge in [-0.15, -0.1) is 0 Å². The molecule has 1 fully saturated rings. The van der Waals surface area contributed by atoms with E-state index in [1.54, 1.807) is 0 Å². The van der Waals surface area contributed by atoms with E-state index >= 15 is 0 Å². The van der Waals surface area contributed by atoms with E-state index in [0.717, 1.165) is 29.6 Å². The summed E-state index contributed by atoms with van der Waals surface area (Å²) >= 11 is 0. The van der Waals surface area contributed by atoms with Crippen LogP contribution in [0.25, 0.3) is 0 Å². The minimum atomic E-state index is -0.203. The molecule has 112 valence electrons. The van der Waals surface area contributed by atoms with Crippen molar-refractivity contribution < 1.29 is 4.74 Å². The average molecular weight is 278 g/mol. The van der Waals surface area contributed by atoms with Gasteiger partial charge in [-0.2, -0.15) is 0 Å². The second-order valence-electron chi connectivity index (χ2n) is 5.97. The highest BCUT2D eigenvalue weighted by atomic mass is 16.5. The van der Waals surface area contributed by atoms with Crippen molar-refractivity contribution in [2.75, 3.05) is 30.8 Å². The van der Waals surface area contributed by atoms with Crippen LogP contribution in [0.1, 0.15) is 50.9 Å². The Morgan fingerprint density at radius 3 is 2.45 bits per heavy atom. The van der Waals surface area contributed by atoms with Gasteiger partial charge in [0.1, 0.15) is 17.5 Å². The molecule has 1 saturated carbocycles. The zero-order chi connectivity index (χ0) is 14.8. The Labute approximate surface area is 121 Å². The van der Waals surface area contributed by atoms with Crippen LogP contribution in [0.5, 0.6) is 0 Å². The van der Waals surface area contributed by atoms with E-state index in [1.165, 1.54) is 12.8 Å². The summed E-state index contributed by atoms with van der Waals surface area (Å²) < 4.78 is 5.72. The van der Waals surface area contributed by atoms with Crippen molar-refractivity contribution in [3.63, 3.8) is 0 Å². The van der Waals surface area contributed by atoms with Gasteiger partial charge in [-0.1, -0.05) is 0 Å². The normalized spacial score (nSPS) is 15.2. The van der Waals surface area contributed by atoms with Crippen molar-refractivity contribution in [2.24, 2.45) is 0 Å². The van der Waals surface area contributed by atoms with Gasteiger partial charge in [-0.25, -0.2) is 9.97 Å². The van der Waals surface area contributed by atoms with E-state index in [-0.39, 0.29) is 5.60 Å². The summed E-state index contributed by atoms with van der Waals surface area (Å²) in [7, 11) is 1.90. The Bertz CT molecular complexity index is 469. The number of ether oxygens (including phenoxy) is 1. The Balaban J connectivity index is 2.15. The molecule has 0 spiro atoms. The molecule has 2 N–H and O–H groups in total. The summed E-state index contributed by atoms with van der Waals surface area (Å²) in [6.07, 6.45) is 2.41. The monoisotopic (exact) mass is 278 g/mol. The molecule has 1 aliphatic carbocycles. The summed E-state index contributed by atoms with van der Waals surface area (Å²) in [4.78, 5) is 9.29. The number of hydrogen-bond acceptors (Lipinski definition) is 5. The van der Waals surface area contributed by atoms with Gasteiger partial charge in [0.25, 0.3) is 0 Å². The van der Waals surface area contributed by atoms with Crippen molar-refractivity contribution >= 4 is 11.6 Å². The molecule has 0 aliphatic heterocycles. The first-order valence-electron chi connectivity index (χ1n) is 7.41. The topological polar surface area (TPSA) is 59.1 Å². The van der Waals surface area contributed by atoms with Gasteiger partial charge in [0.15, 0.2) is 0 Å². The average Bonchev–Trinajstić information content (AvgIpc) is 3.22. The summed E-state index contributed by atoms with van der Waals surface area (Å²) in [5.41, 5.74) is 0.857.